The quantitative estimate of drug-likeness (QED) is 0.672. The maximum absolute atomic E-state index is 12.1. The molecule has 24 heavy (non-hydrogen) atoms. The van der Waals surface area contributed by atoms with Gasteiger partial charge in [-0.2, -0.15) is 11.8 Å². The Kier molecular flexibility index (Phi) is 7.26. The number of carbonyl (C=O) groups is 2. The largest absolute Gasteiger partial charge is 0.480 e. The molecule has 1 amide bonds. The number of nitrogens with one attached hydrogen (secondary N) is 1. The second-order valence-electron chi connectivity index (χ2n) is 5.07. The standard InChI is InChI=1S/C16H17BrN2O3S2/c1-23-6-5-13(16(21)22)19-14(20)8-12-9-24-15(18-12)10-3-2-4-11(17)7-10/h2-4,7,9,13H,5-6,8H2,1H3,(H,19,20)(H,21,22). The van der Waals surface area contributed by atoms with Gasteiger partial charge in [-0.15, -0.1) is 11.3 Å². The van der Waals surface area contributed by atoms with Crippen molar-refractivity contribution in [2.45, 2.75) is 18.9 Å². The summed E-state index contributed by atoms with van der Waals surface area (Å²) >= 11 is 6.44. The van der Waals surface area contributed by atoms with E-state index in [9.17, 15) is 9.59 Å². The first-order valence-electron chi connectivity index (χ1n) is 7.21. The molecule has 0 spiro atoms. The summed E-state index contributed by atoms with van der Waals surface area (Å²) in [4.78, 5) is 27.7. The predicted octanol–water partition coefficient (Wildman–Crippen LogP) is 3.44. The third kappa shape index (κ3) is 5.61. The number of carbonyl (C=O) groups excluding carboxylic acids is 1. The summed E-state index contributed by atoms with van der Waals surface area (Å²) in [5.74, 6) is -0.652. The van der Waals surface area contributed by atoms with Crippen molar-refractivity contribution < 1.29 is 14.7 Å². The minimum atomic E-state index is -1.01. The lowest BCUT2D eigenvalue weighted by molar-refractivity contribution is -0.141. The highest BCUT2D eigenvalue weighted by Crippen LogP contribution is 2.26. The summed E-state index contributed by atoms with van der Waals surface area (Å²) in [6.07, 6.45) is 2.38. The number of carboxylic acids is 1. The topological polar surface area (TPSA) is 79.3 Å². The van der Waals surface area contributed by atoms with Gasteiger partial charge in [-0.05, 0) is 30.6 Å². The average molecular weight is 429 g/mol. The van der Waals surface area contributed by atoms with Gasteiger partial charge < -0.3 is 10.4 Å². The number of rotatable bonds is 8. The van der Waals surface area contributed by atoms with Gasteiger partial charge in [-0.3, -0.25) is 4.79 Å². The Balaban J connectivity index is 1.98. The van der Waals surface area contributed by atoms with Crippen LogP contribution in [0.15, 0.2) is 34.1 Å². The van der Waals surface area contributed by atoms with Crippen molar-refractivity contribution in [2.75, 3.05) is 12.0 Å². The van der Waals surface area contributed by atoms with Crippen molar-refractivity contribution >= 4 is 50.9 Å². The van der Waals surface area contributed by atoms with E-state index < -0.39 is 12.0 Å². The molecule has 0 radical (unpaired) electrons. The molecule has 0 aliphatic carbocycles. The lowest BCUT2D eigenvalue weighted by Crippen LogP contribution is -2.41. The Morgan fingerprint density at radius 1 is 1.46 bits per heavy atom. The molecule has 8 heteroatoms. The summed E-state index contributed by atoms with van der Waals surface area (Å²) in [6.45, 7) is 0. The summed E-state index contributed by atoms with van der Waals surface area (Å²) < 4.78 is 0.965. The van der Waals surface area contributed by atoms with E-state index in [4.69, 9.17) is 5.11 Å². The lowest BCUT2D eigenvalue weighted by Gasteiger charge is -2.13. The average Bonchev–Trinajstić information content (AvgIpc) is 2.99. The second kappa shape index (κ2) is 9.19. The molecule has 1 heterocycles. The second-order valence-corrected chi connectivity index (χ2v) is 7.83. The van der Waals surface area contributed by atoms with Crippen LogP contribution in [-0.4, -0.2) is 40.0 Å². The van der Waals surface area contributed by atoms with Crippen LogP contribution in [0, 0.1) is 0 Å². The summed E-state index contributed by atoms with van der Waals surface area (Å²) in [5, 5.41) is 14.4. The van der Waals surface area contributed by atoms with Crippen LogP contribution < -0.4 is 5.32 Å². The molecule has 0 saturated carbocycles. The monoisotopic (exact) mass is 428 g/mol. The van der Waals surface area contributed by atoms with Crippen LogP contribution in [0.4, 0.5) is 0 Å². The van der Waals surface area contributed by atoms with Gasteiger partial charge in [0.1, 0.15) is 11.0 Å². The Labute approximate surface area is 157 Å². The van der Waals surface area contributed by atoms with Crippen LogP contribution >= 0.6 is 39.0 Å². The van der Waals surface area contributed by atoms with Gasteiger partial charge in [0.15, 0.2) is 0 Å². The number of benzene rings is 1. The Morgan fingerprint density at radius 2 is 2.25 bits per heavy atom. The third-order valence-corrected chi connectivity index (χ3v) is 5.29. The Bertz CT molecular complexity index is 721. The van der Waals surface area contributed by atoms with Gasteiger partial charge in [-0.25, -0.2) is 9.78 Å². The number of aromatic nitrogens is 1. The van der Waals surface area contributed by atoms with E-state index in [0.717, 1.165) is 15.0 Å². The normalized spacial score (nSPS) is 11.9. The first-order valence-corrected chi connectivity index (χ1v) is 10.3. The van der Waals surface area contributed by atoms with Crippen LogP contribution in [0.5, 0.6) is 0 Å². The van der Waals surface area contributed by atoms with Crippen molar-refractivity contribution in [1.29, 1.82) is 0 Å². The summed E-state index contributed by atoms with van der Waals surface area (Å²) in [6, 6.07) is 6.93. The molecule has 0 aliphatic rings. The molecule has 1 aromatic heterocycles. The number of carboxylic acid groups (broad SMARTS) is 1. The van der Waals surface area contributed by atoms with E-state index in [1.807, 2.05) is 35.9 Å². The van der Waals surface area contributed by atoms with Crippen LogP contribution in [0.1, 0.15) is 12.1 Å². The molecule has 1 atom stereocenters. The van der Waals surface area contributed by atoms with Crippen molar-refractivity contribution in [3.8, 4) is 10.6 Å². The van der Waals surface area contributed by atoms with E-state index in [-0.39, 0.29) is 12.3 Å². The van der Waals surface area contributed by atoms with Crippen LogP contribution in [-0.2, 0) is 16.0 Å². The summed E-state index contributed by atoms with van der Waals surface area (Å²) in [7, 11) is 0. The molecular weight excluding hydrogens is 412 g/mol. The van der Waals surface area contributed by atoms with Crippen LogP contribution in [0.3, 0.4) is 0 Å². The fraction of sp³-hybridized carbons (Fsp3) is 0.312. The van der Waals surface area contributed by atoms with Gasteiger partial charge in [-0.1, -0.05) is 28.1 Å². The van der Waals surface area contributed by atoms with E-state index in [2.05, 4.69) is 26.2 Å². The number of thioether (sulfide) groups is 1. The number of aliphatic carboxylic acids is 1. The number of halogens is 1. The van der Waals surface area contributed by atoms with Gasteiger partial charge >= 0.3 is 5.97 Å². The van der Waals surface area contributed by atoms with Gasteiger partial charge in [0.05, 0.1) is 12.1 Å². The number of nitrogens with zero attached hydrogens (tertiary/aromatic N) is 1. The molecule has 5 nitrogen and oxygen atoms in total. The molecule has 128 valence electrons. The SMILES string of the molecule is CSCCC(NC(=O)Cc1csc(-c2cccc(Br)c2)n1)C(=O)O. The number of amides is 1. The van der Waals surface area contributed by atoms with Crippen molar-refractivity contribution in [3.63, 3.8) is 0 Å². The van der Waals surface area contributed by atoms with Crippen molar-refractivity contribution in [3.05, 3.63) is 39.8 Å². The molecule has 1 aromatic carbocycles. The van der Waals surface area contributed by atoms with Crippen molar-refractivity contribution in [2.24, 2.45) is 0 Å². The van der Waals surface area contributed by atoms with E-state index >= 15 is 0 Å². The highest BCUT2D eigenvalue weighted by atomic mass is 79.9. The number of hydrogen-bond donors (Lipinski definition) is 2. The third-order valence-electron chi connectivity index (χ3n) is 3.21. The minimum Gasteiger partial charge on any atom is -0.480 e. The Hall–Kier alpha value is -1.38. The number of thiazole rings is 1. The fourth-order valence-electron chi connectivity index (χ4n) is 2.05. The number of hydrogen-bond acceptors (Lipinski definition) is 5. The molecule has 1 unspecified atom stereocenters. The first kappa shape index (κ1) is 19.0. The molecule has 2 N–H and O–H groups in total. The zero-order chi connectivity index (χ0) is 17.5. The molecule has 0 fully saturated rings. The van der Waals surface area contributed by atoms with Crippen LogP contribution in [0.2, 0.25) is 0 Å². The van der Waals surface area contributed by atoms with E-state index in [1.54, 1.807) is 11.8 Å². The van der Waals surface area contributed by atoms with Crippen molar-refractivity contribution in [1.82, 2.24) is 10.3 Å². The van der Waals surface area contributed by atoms with Gasteiger partial charge in [0.2, 0.25) is 5.91 Å². The molecule has 0 saturated heterocycles. The fourth-order valence-corrected chi connectivity index (χ4v) is 3.73. The zero-order valence-corrected chi connectivity index (χ0v) is 16.2. The smallest absolute Gasteiger partial charge is 0.326 e. The van der Waals surface area contributed by atoms with Gasteiger partial charge in [0, 0.05) is 15.4 Å². The predicted molar refractivity (Wildman–Crippen MR) is 102 cm³/mol. The Morgan fingerprint density at radius 3 is 2.92 bits per heavy atom. The maximum Gasteiger partial charge on any atom is 0.326 e. The highest BCUT2D eigenvalue weighted by molar-refractivity contribution is 9.10. The summed E-state index contributed by atoms with van der Waals surface area (Å²) in [5.41, 5.74) is 1.62. The minimum absolute atomic E-state index is 0.0769. The molecule has 0 aliphatic heterocycles. The maximum atomic E-state index is 12.1. The van der Waals surface area contributed by atoms with E-state index in [1.165, 1.54) is 11.3 Å². The van der Waals surface area contributed by atoms with Gasteiger partial charge in [0.25, 0.3) is 0 Å². The molecule has 2 rings (SSSR count). The van der Waals surface area contributed by atoms with Crippen LogP contribution in [0.25, 0.3) is 10.6 Å². The highest BCUT2D eigenvalue weighted by Gasteiger charge is 2.20. The first-order chi connectivity index (χ1) is 11.5. The molecule has 0 bridgehead atoms. The molecule has 2 aromatic rings. The lowest BCUT2D eigenvalue weighted by atomic mass is 10.2. The zero-order valence-electron chi connectivity index (χ0n) is 13.0. The van der Waals surface area contributed by atoms with E-state index in [0.29, 0.717) is 17.9 Å². The molecular formula is C16H17BrN2O3S2.